The summed E-state index contributed by atoms with van der Waals surface area (Å²) in [4.78, 5) is 20.6. The van der Waals surface area contributed by atoms with E-state index in [0.29, 0.717) is 46.6 Å². The van der Waals surface area contributed by atoms with Crippen molar-refractivity contribution in [3.8, 4) is 28.5 Å². The largest absolute Gasteiger partial charge is 0.493 e. The molecule has 0 aliphatic heterocycles. The maximum absolute atomic E-state index is 11.7. The van der Waals surface area contributed by atoms with E-state index in [1.54, 1.807) is 45.9 Å². The number of methoxy groups -OCH3 is 3. The topological polar surface area (TPSA) is 94.6 Å². The van der Waals surface area contributed by atoms with E-state index in [1.807, 2.05) is 31.2 Å². The molecule has 0 saturated carbocycles. The Morgan fingerprint density at radius 3 is 2.33 bits per heavy atom. The van der Waals surface area contributed by atoms with Gasteiger partial charge >= 0.3 is 0 Å². The zero-order valence-electron chi connectivity index (χ0n) is 17.4. The number of rotatable bonds is 8. The molecule has 1 amide bonds. The van der Waals surface area contributed by atoms with Gasteiger partial charge in [0.2, 0.25) is 11.7 Å². The molecule has 8 heteroatoms. The number of ether oxygens (including phenoxy) is 3. The van der Waals surface area contributed by atoms with E-state index in [2.05, 4.69) is 20.6 Å². The van der Waals surface area contributed by atoms with Crippen molar-refractivity contribution in [3.05, 3.63) is 48.8 Å². The lowest BCUT2D eigenvalue weighted by Crippen LogP contribution is -2.09. The van der Waals surface area contributed by atoms with Crippen LogP contribution in [0.4, 0.5) is 17.2 Å². The molecule has 30 heavy (non-hydrogen) atoms. The van der Waals surface area contributed by atoms with E-state index in [4.69, 9.17) is 14.2 Å². The van der Waals surface area contributed by atoms with Crippen LogP contribution in [-0.4, -0.2) is 37.2 Å². The van der Waals surface area contributed by atoms with Crippen molar-refractivity contribution in [1.29, 1.82) is 0 Å². The molecule has 3 rings (SSSR count). The third-order valence-electron chi connectivity index (χ3n) is 4.33. The zero-order chi connectivity index (χ0) is 21.5. The normalized spacial score (nSPS) is 10.3. The molecule has 0 saturated heterocycles. The number of carbonyl (C=O) groups is 1. The summed E-state index contributed by atoms with van der Waals surface area (Å²) >= 11 is 0. The highest BCUT2D eigenvalue weighted by atomic mass is 16.5. The molecule has 0 aliphatic carbocycles. The molecule has 0 spiro atoms. The predicted octanol–water partition coefficient (Wildman–Crippen LogP) is 4.26. The number of benzene rings is 2. The van der Waals surface area contributed by atoms with Crippen LogP contribution < -0.4 is 24.8 Å². The first kappa shape index (κ1) is 20.9. The van der Waals surface area contributed by atoms with Crippen LogP contribution in [0.1, 0.15) is 13.3 Å². The summed E-state index contributed by atoms with van der Waals surface area (Å²) in [6.07, 6.45) is 3.70. The van der Waals surface area contributed by atoms with Gasteiger partial charge in [0, 0.05) is 35.5 Å². The first-order chi connectivity index (χ1) is 14.6. The molecule has 0 atom stereocenters. The Morgan fingerprint density at radius 1 is 0.967 bits per heavy atom. The number of hydrogen-bond acceptors (Lipinski definition) is 7. The van der Waals surface area contributed by atoms with Gasteiger partial charge < -0.3 is 24.8 Å². The molecular weight excluding hydrogens is 384 g/mol. The summed E-state index contributed by atoms with van der Waals surface area (Å²) in [7, 11) is 4.68. The predicted molar refractivity (Wildman–Crippen MR) is 116 cm³/mol. The Bertz CT molecular complexity index is 1010. The number of nitrogens with one attached hydrogen (secondary N) is 2. The molecule has 0 unspecified atom stereocenters. The minimum Gasteiger partial charge on any atom is -0.493 e. The SMILES string of the molecule is CCC(=O)Nc1cccc(-c2cncc(Nc3cc(OC)c(OC)c(OC)c3)n2)c1. The molecule has 3 aromatic rings. The van der Waals surface area contributed by atoms with Crippen LogP contribution in [0.2, 0.25) is 0 Å². The number of hydrogen-bond donors (Lipinski definition) is 2. The maximum Gasteiger partial charge on any atom is 0.224 e. The van der Waals surface area contributed by atoms with Gasteiger partial charge in [-0.3, -0.25) is 9.78 Å². The second-order valence-electron chi connectivity index (χ2n) is 6.31. The van der Waals surface area contributed by atoms with Gasteiger partial charge in [0.25, 0.3) is 0 Å². The maximum atomic E-state index is 11.7. The minimum absolute atomic E-state index is 0.0453. The van der Waals surface area contributed by atoms with Crippen LogP contribution in [0.3, 0.4) is 0 Å². The second-order valence-corrected chi connectivity index (χ2v) is 6.31. The van der Waals surface area contributed by atoms with Crippen molar-refractivity contribution in [2.75, 3.05) is 32.0 Å². The van der Waals surface area contributed by atoms with Crippen LogP contribution >= 0.6 is 0 Å². The summed E-state index contributed by atoms with van der Waals surface area (Å²) in [5, 5.41) is 6.06. The molecule has 0 radical (unpaired) electrons. The van der Waals surface area contributed by atoms with Crippen LogP contribution in [0.5, 0.6) is 17.2 Å². The van der Waals surface area contributed by atoms with Gasteiger partial charge in [-0.05, 0) is 12.1 Å². The second kappa shape index (κ2) is 9.60. The lowest BCUT2D eigenvalue weighted by atomic mass is 10.1. The highest BCUT2D eigenvalue weighted by Gasteiger charge is 2.14. The summed E-state index contributed by atoms with van der Waals surface area (Å²) < 4.78 is 16.1. The number of nitrogens with zero attached hydrogens (tertiary/aromatic N) is 2. The molecule has 8 nitrogen and oxygen atoms in total. The lowest BCUT2D eigenvalue weighted by Gasteiger charge is -2.15. The van der Waals surface area contributed by atoms with E-state index in [1.165, 1.54) is 0 Å². The quantitative estimate of drug-likeness (QED) is 0.575. The minimum atomic E-state index is -0.0453. The van der Waals surface area contributed by atoms with Crippen molar-refractivity contribution < 1.29 is 19.0 Å². The fourth-order valence-corrected chi connectivity index (χ4v) is 2.87. The van der Waals surface area contributed by atoms with E-state index in [-0.39, 0.29) is 5.91 Å². The molecule has 1 aromatic heterocycles. The van der Waals surface area contributed by atoms with Crippen molar-refractivity contribution in [2.24, 2.45) is 0 Å². The van der Waals surface area contributed by atoms with Gasteiger partial charge in [0.15, 0.2) is 11.5 Å². The Morgan fingerprint density at radius 2 is 1.70 bits per heavy atom. The molecule has 0 fully saturated rings. The Balaban J connectivity index is 1.88. The number of amides is 1. The van der Waals surface area contributed by atoms with Crippen LogP contribution in [0.15, 0.2) is 48.8 Å². The van der Waals surface area contributed by atoms with E-state index in [9.17, 15) is 4.79 Å². The summed E-state index contributed by atoms with van der Waals surface area (Å²) in [6.45, 7) is 1.81. The van der Waals surface area contributed by atoms with Gasteiger partial charge in [0.05, 0.1) is 39.4 Å². The van der Waals surface area contributed by atoms with Crippen LogP contribution in [0, 0.1) is 0 Å². The highest BCUT2D eigenvalue weighted by molar-refractivity contribution is 5.91. The van der Waals surface area contributed by atoms with Gasteiger partial charge in [-0.25, -0.2) is 4.98 Å². The average molecular weight is 408 g/mol. The monoisotopic (exact) mass is 408 g/mol. The fraction of sp³-hybridized carbons (Fsp3) is 0.227. The Hall–Kier alpha value is -3.81. The molecule has 2 N–H and O–H groups in total. The fourth-order valence-electron chi connectivity index (χ4n) is 2.87. The Labute approximate surface area is 175 Å². The van der Waals surface area contributed by atoms with E-state index in [0.717, 1.165) is 5.56 Å². The molecule has 2 aromatic carbocycles. The highest BCUT2D eigenvalue weighted by Crippen LogP contribution is 2.40. The van der Waals surface area contributed by atoms with Crippen molar-refractivity contribution in [2.45, 2.75) is 13.3 Å². The molecule has 0 bridgehead atoms. The smallest absolute Gasteiger partial charge is 0.224 e. The van der Waals surface area contributed by atoms with Gasteiger partial charge in [-0.15, -0.1) is 0 Å². The standard InChI is InChI=1S/C22H24N4O4/c1-5-21(27)25-15-8-6-7-14(9-15)17-12-23-13-20(26-17)24-16-10-18(28-2)22(30-4)19(11-16)29-3/h6-13H,5H2,1-4H3,(H,24,26)(H,25,27). The van der Waals surface area contributed by atoms with Crippen molar-refractivity contribution >= 4 is 23.1 Å². The third-order valence-corrected chi connectivity index (χ3v) is 4.33. The van der Waals surface area contributed by atoms with Crippen molar-refractivity contribution in [1.82, 2.24) is 9.97 Å². The van der Waals surface area contributed by atoms with Gasteiger partial charge in [0.1, 0.15) is 5.82 Å². The summed E-state index contributed by atoms with van der Waals surface area (Å²) in [5.74, 6) is 2.07. The van der Waals surface area contributed by atoms with E-state index >= 15 is 0 Å². The van der Waals surface area contributed by atoms with Crippen LogP contribution in [0.25, 0.3) is 11.3 Å². The zero-order valence-corrected chi connectivity index (χ0v) is 17.4. The Kier molecular flexibility index (Phi) is 6.69. The third kappa shape index (κ3) is 4.78. The lowest BCUT2D eigenvalue weighted by molar-refractivity contribution is -0.115. The first-order valence-electron chi connectivity index (χ1n) is 9.37. The van der Waals surface area contributed by atoms with E-state index < -0.39 is 0 Å². The first-order valence-corrected chi connectivity index (χ1v) is 9.37. The number of anilines is 3. The van der Waals surface area contributed by atoms with Gasteiger partial charge in [-0.1, -0.05) is 19.1 Å². The summed E-state index contributed by atoms with van der Waals surface area (Å²) in [6, 6.07) is 11.0. The molecule has 0 aliphatic rings. The van der Waals surface area contributed by atoms with Gasteiger partial charge in [-0.2, -0.15) is 0 Å². The number of aromatic nitrogens is 2. The molecular formula is C22H24N4O4. The summed E-state index contributed by atoms with van der Waals surface area (Å²) in [5.41, 5.74) is 2.93. The molecule has 1 heterocycles. The van der Waals surface area contributed by atoms with Crippen LogP contribution in [-0.2, 0) is 4.79 Å². The van der Waals surface area contributed by atoms with Crippen molar-refractivity contribution in [3.63, 3.8) is 0 Å². The molecule has 156 valence electrons. The average Bonchev–Trinajstić information content (AvgIpc) is 2.78. The number of carbonyl (C=O) groups excluding carboxylic acids is 1.